The Kier molecular flexibility index (Phi) is 7.32. The van der Waals surface area contributed by atoms with Crippen LogP contribution in [0.15, 0.2) is 66.7 Å². The van der Waals surface area contributed by atoms with Gasteiger partial charge in [0.2, 0.25) is 6.79 Å². The summed E-state index contributed by atoms with van der Waals surface area (Å²) in [5.74, 6) is 2.06. The van der Waals surface area contributed by atoms with Crippen LogP contribution in [-0.4, -0.2) is 45.0 Å². The summed E-state index contributed by atoms with van der Waals surface area (Å²) in [6.07, 6.45) is 0. The van der Waals surface area contributed by atoms with Gasteiger partial charge < -0.3 is 29.7 Å². The molecule has 0 atom stereocenters. The number of ether oxygens (including phenoxy) is 3. The lowest BCUT2D eigenvalue weighted by Gasteiger charge is -2.13. The number of hydrogen-bond acceptors (Lipinski definition) is 5. The van der Waals surface area contributed by atoms with E-state index in [0.29, 0.717) is 36.9 Å². The molecule has 0 spiro atoms. The van der Waals surface area contributed by atoms with E-state index in [-0.39, 0.29) is 12.8 Å². The first kappa shape index (κ1) is 22.5. The van der Waals surface area contributed by atoms with E-state index in [1.54, 1.807) is 6.07 Å². The fraction of sp³-hybridized carbons (Fsp3) is 0.269. The predicted octanol–water partition coefficient (Wildman–Crippen LogP) is 4.02. The lowest BCUT2D eigenvalue weighted by molar-refractivity contribution is 0.173. The molecule has 0 aliphatic carbocycles. The van der Waals surface area contributed by atoms with Crippen molar-refractivity contribution in [1.82, 2.24) is 15.5 Å². The van der Waals surface area contributed by atoms with Crippen molar-refractivity contribution in [3.8, 4) is 28.4 Å². The van der Waals surface area contributed by atoms with E-state index >= 15 is 0 Å². The molecule has 0 fully saturated rings. The lowest BCUT2D eigenvalue weighted by Crippen LogP contribution is -2.37. The molecule has 0 saturated heterocycles. The molecule has 0 saturated carbocycles. The first-order valence-corrected chi connectivity index (χ1v) is 10.9. The van der Waals surface area contributed by atoms with E-state index in [0.717, 1.165) is 23.2 Å². The van der Waals surface area contributed by atoms with Crippen molar-refractivity contribution in [2.45, 2.75) is 13.1 Å². The molecule has 0 bridgehead atoms. The standard InChI is InChI=1S/C26H29N3O4/c1-29(2)17-19-7-9-20(10-8-19)23-6-4-3-5-21(23)16-28-26(30)27-13-14-31-22-11-12-24-25(15-22)33-18-32-24/h3-12,15H,13-14,16-18H2,1-2H3,(H2,27,28,30). The minimum Gasteiger partial charge on any atom is -0.492 e. The van der Waals surface area contributed by atoms with E-state index in [9.17, 15) is 4.79 Å². The molecule has 33 heavy (non-hydrogen) atoms. The summed E-state index contributed by atoms with van der Waals surface area (Å²) in [5.41, 5.74) is 4.57. The number of nitrogens with zero attached hydrogens (tertiary/aromatic N) is 1. The van der Waals surface area contributed by atoms with Gasteiger partial charge in [-0.2, -0.15) is 0 Å². The molecule has 2 N–H and O–H groups in total. The molecule has 172 valence electrons. The molecule has 1 aliphatic rings. The first-order chi connectivity index (χ1) is 16.1. The maximum absolute atomic E-state index is 12.3. The second kappa shape index (κ2) is 10.7. The average molecular weight is 448 g/mol. The number of rotatable bonds is 9. The van der Waals surface area contributed by atoms with Crippen LogP contribution in [0.4, 0.5) is 4.79 Å². The van der Waals surface area contributed by atoms with Crippen molar-refractivity contribution >= 4 is 6.03 Å². The Hall–Kier alpha value is -3.71. The van der Waals surface area contributed by atoms with Gasteiger partial charge in [-0.1, -0.05) is 48.5 Å². The Morgan fingerprint density at radius 2 is 1.76 bits per heavy atom. The van der Waals surface area contributed by atoms with Crippen LogP contribution in [0.3, 0.4) is 0 Å². The molecule has 4 rings (SSSR count). The van der Waals surface area contributed by atoms with Crippen molar-refractivity contribution in [1.29, 1.82) is 0 Å². The number of carbonyl (C=O) groups is 1. The topological polar surface area (TPSA) is 72.1 Å². The summed E-state index contributed by atoms with van der Waals surface area (Å²) in [5, 5.41) is 5.76. The van der Waals surface area contributed by atoms with E-state index in [4.69, 9.17) is 14.2 Å². The quantitative estimate of drug-likeness (QED) is 0.485. The normalized spacial score (nSPS) is 12.0. The Bertz CT molecular complexity index is 1080. The lowest BCUT2D eigenvalue weighted by atomic mass is 9.98. The smallest absolute Gasteiger partial charge is 0.315 e. The fourth-order valence-electron chi connectivity index (χ4n) is 3.65. The van der Waals surface area contributed by atoms with Crippen molar-refractivity contribution in [2.75, 3.05) is 34.0 Å². The molecule has 0 radical (unpaired) electrons. The van der Waals surface area contributed by atoms with Gasteiger partial charge in [0.1, 0.15) is 12.4 Å². The highest BCUT2D eigenvalue weighted by atomic mass is 16.7. The molecule has 3 aromatic carbocycles. The highest BCUT2D eigenvalue weighted by Gasteiger charge is 2.13. The van der Waals surface area contributed by atoms with Gasteiger partial charge in [0.25, 0.3) is 0 Å². The molecule has 3 aromatic rings. The van der Waals surface area contributed by atoms with E-state index < -0.39 is 0 Å². The minimum absolute atomic E-state index is 0.228. The molecule has 1 heterocycles. The number of fused-ring (bicyclic) bond motifs is 1. The van der Waals surface area contributed by atoms with E-state index in [2.05, 4.69) is 60.0 Å². The summed E-state index contributed by atoms with van der Waals surface area (Å²) in [7, 11) is 4.12. The highest BCUT2D eigenvalue weighted by molar-refractivity contribution is 5.74. The summed E-state index contributed by atoms with van der Waals surface area (Å²) in [6, 6.07) is 21.8. The van der Waals surface area contributed by atoms with Crippen LogP contribution in [0.5, 0.6) is 17.2 Å². The number of nitrogens with one attached hydrogen (secondary N) is 2. The molecular formula is C26H29N3O4. The zero-order chi connectivity index (χ0) is 23.0. The molecule has 2 amide bonds. The van der Waals surface area contributed by atoms with Gasteiger partial charge in [0.05, 0.1) is 6.54 Å². The summed E-state index contributed by atoms with van der Waals surface area (Å²) < 4.78 is 16.3. The van der Waals surface area contributed by atoms with Crippen LogP contribution in [0.2, 0.25) is 0 Å². The van der Waals surface area contributed by atoms with Crippen molar-refractivity contribution < 1.29 is 19.0 Å². The van der Waals surface area contributed by atoms with Crippen LogP contribution in [0.1, 0.15) is 11.1 Å². The molecular weight excluding hydrogens is 418 g/mol. The maximum Gasteiger partial charge on any atom is 0.315 e. The van der Waals surface area contributed by atoms with Crippen LogP contribution < -0.4 is 24.8 Å². The monoisotopic (exact) mass is 447 g/mol. The number of hydrogen-bond donors (Lipinski definition) is 2. The molecule has 7 heteroatoms. The van der Waals surface area contributed by atoms with Crippen LogP contribution >= 0.6 is 0 Å². The number of amides is 2. The van der Waals surface area contributed by atoms with Crippen LogP contribution in [0, 0.1) is 0 Å². The Balaban J connectivity index is 1.25. The van der Waals surface area contributed by atoms with Crippen LogP contribution in [-0.2, 0) is 13.1 Å². The number of carbonyl (C=O) groups excluding carboxylic acids is 1. The Morgan fingerprint density at radius 1 is 0.970 bits per heavy atom. The van der Waals surface area contributed by atoms with Gasteiger partial charge in [-0.05, 0) is 48.5 Å². The maximum atomic E-state index is 12.3. The number of benzene rings is 3. The largest absolute Gasteiger partial charge is 0.492 e. The van der Waals surface area contributed by atoms with Gasteiger partial charge >= 0.3 is 6.03 Å². The first-order valence-electron chi connectivity index (χ1n) is 10.9. The SMILES string of the molecule is CN(C)Cc1ccc(-c2ccccc2CNC(=O)NCCOc2ccc3c(c2)OCO3)cc1. The van der Waals surface area contributed by atoms with Gasteiger partial charge in [0.15, 0.2) is 11.5 Å². The Morgan fingerprint density at radius 3 is 2.58 bits per heavy atom. The molecule has 0 unspecified atom stereocenters. The van der Waals surface area contributed by atoms with Gasteiger partial charge in [-0.15, -0.1) is 0 Å². The van der Waals surface area contributed by atoms with Crippen LogP contribution in [0.25, 0.3) is 11.1 Å². The summed E-state index contributed by atoms with van der Waals surface area (Å²) in [6.45, 7) is 2.30. The van der Waals surface area contributed by atoms with Crippen molar-refractivity contribution in [3.63, 3.8) is 0 Å². The van der Waals surface area contributed by atoms with E-state index in [1.165, 1.54) is 5.56 Å². The van der Waals surface area contributed by atoms with Gasteiger partial charge in [0, 0.05) is 19.2 Å². The zero-order valence-corrected chi connectivity index (χ0v) is 19.0. The average Bonchev–Trinajstić information content (AvgIpc) is 3.29. The molecule has 1 aliphatic heterocycles. The van der Waals surface area contributed by atoms with Crippen molar-refractivity contribution in [3.05, 3.63) is 77.9 Å². The predicted molar refractivity (Wildman–Crippen MR) is 128 cm³/mol. The minimum atomic E-state index is -0.236. The molecule has 7 nitrogen and oxygen atoms in total. The third-order valence-electron chi connectivity index (χ3n) is 5.22. The zero-order valence-electron chi connectivity index (χ0n) is 19.0. The van der Waals surface area contributed by atoms with Crippen molar-refractivity contribution in [2.24, 2.45) is 0 Å². The third-order valence-corrected chi connectivity index (χ3v) is 5.22. The third kappa shape index (κ3) is 6.17. The number of urea groups is 1. The summed E-state index contributed by atoms with van der Waals surface area (Å²) in [4.78, 5) is 14.4. The van der Waals surface area contributed by atoms with Gasteiger partial charge in [-0.3, -0.25) is 0 Å². The van der Waals surface area contributed by atoms with E-state index in [1.807, 2.05) is 30.3 Å². The summed E-state index contributed by atoms with van der Waals surface area (Å²) >= 11 is 0. The van der Waals surface area contributed by atoms with Gasteiger partial charge in [-0.25, -0.2) is 4.79 Å². The second-order valence-corrected chi connectivity index (χ2v) is 8.06. The highest BCUT2D eigenvalue weighted by Crippen LogP contribution is 2.35. The Labute approximate surface area is 194 Å². The second-order valence-electron chi connectivity index (χ2n) is 8.06. The molecule has 0 aromatic heterocycles. The fourth-order valence-corrected chi connectivity index (χ4v) is 3.65.